The highest BCUT2D eigenvalue weighted by molar-refractivity contribution is 7.91. The maximum atomic E-state index is 14.8. The number of benzene rings is 1. The Balaban J connectivity index is 1.32. The second-order valence-corrected chi connectivity index (χ2v) is 18.7. The first-order valence-electron chi connectivity index (χ1n) is 19.9. The second-order valence-electron chi connectivity index (χ2n) is 16.6. The van der Waals surface area contributed by atoms with Crippen molar-refractivity contribution in [1.82, 2.24) is 25.2 Å². The van der Waals surface area contributed by atoms with Crippen molar-refractivity contribution in [3.05, 3.63) is 42.6 Å². The van der Waals surface area contributed by atoms with Crippen molar-refractivity contribution >= 4 is 44.6 Å². The minimum Gasteiger partial charge on any atom is -0.494 e. The summed E-state index contributed by atoms with van der Waals surface area (Å²) < 4.78 is 104. The van der Waals surface area contributed by atoms with Gasteiger partial charge in [0.05, 0.1) is 33.1 Å². The summed E-state index contributed by atoms with van der Waals surface area (Å²) in [5, 5.41) is 6.26. The molecule has 2 aliphatic carbocycles. The molecule has 60 heavy (non-hydrogen) atoms. The predicted octanol–water partition coefficient (Wildman–Crippen LogP) is 4.49. The number of alkyl carbamates (subject to hydrolysis) is 1. The minimum absolute atomic E-state index is 0.00627. The number of amides is 4. The number of ether oxygens (including phenoxy) is 4. The van der Waals surface area contributed by atoms with Gasteiger partial charge in [-0.3, -0.25) is 19.1 Å². The molecule has 20 heteroatoms. The first-order chi connectivity index (χ1) is 28.3. The number of allylic oxidation sites excluding steroid dienone is 1. The lowest BCUT2D eigenvalue weighted by Gasteiger charge is -2.41. The Bertz CT molecular complexity index is 2110. The van der Waals surface area contributed by atoms with E-state index >= 15 is 0 Å². The molecule has 6 rings (SSSR count). The fourth-order valence-electron chi connectivity index (χ4n) is 7.86. The Morgan fingerprint density at radius 3 is 2.35 bits per heavy atom. The van der Waals surface area contributed by atoms with Gasteiger partial charge in [0.15, 0.2) is 0 Å². The van der Waals surface area contributed by atoms with Crippen molar-refractivity contribution in [2.75, 3.05) is 33.5 Å². The molecule has 330 valence electrons. The Labute approximate surface area is 345 Å². The van der Waals surface area contributed by atoms with Crippen molar-refractivity contribution in [3.8, 4) is 11.6 Å². The van der Waals surface area contributed by atoms with Crippen LogP contribution in [0.5, 0.6) is 11.6 Å². The highest BCUT2D eigenvalue weighted by Crippen LogP contribution is 2.48. The summed E-state index contributed by atoms with van der Waals surface area (Å²) >= 11 is 0. The van der Waals surface area contributed by atoms with Crippen LogP contribution in [0.15, 0.2) is 42.6 Å². The van der Waals surface area contributed by atoms with Crippen molar-refractivity contribution in [2.45, 2.75) is 106 Å². The summed E-state index contributed by atoms with van der Waals surface area (Å²) in [6, 6.07) is 4.16. The summed E-state index contributed by atoms with van der Waals surface area (Å²) in [7, 11) is -2.99. The fourth-order valence-corrected chi connectivity index (χ4v) is 9.28. The van der Waals surface area contributed by atoms with E-state index in [4.69, 9.17) is 18.9 Å². The highest BCUT2D eigenvalue weighted by Gasteiger charge is 2.65. The molecule has 15 nitrogen and oxygen atoms in total. The molecule has 2 aliphatic heterocycles. The van der Waals surface area contributed by atoms with Gasteiger partial charge in [-0.05, 0) is 50.0 Å². The average molecular weight is 870 g/mol. The average Bonchev–Trinajstić information content (AvgIpc) is 4.08. The lowest BCUT2D eigenvalue weighted by Crippen LogP contribution is -2.65. The number of rotatable bonds is 17. The number of nitrogens with one attached hydrogen (secondary N) is 3. The number of methoxy groups -OCH3 is 1. The van der Waals surface area contributed by atoms with Crippen LogP contribution in [0.4, 0.5) is 22.4 Å². The number of carbonyl (C=O) groups excluding carboxylic acids is 4. The number of alkyl halides is 4. The summed E-state index contributed by atoms with van der Waals surface area (Å²) in [6.07, 6.45) is -1.82. The molecule has 6 atom stereocenters. The van der Waals surface area contributed by atoms with Crippen LogP contribution in [0.3, 0.4) is 0 Å². The standard InChI is InChI=1S/C40H51F4N5O10S/c1-6-7-10-25-17-39(25,35(52)48-60(54,55)37(20-41)13-14-37)47-32(50)29-16-26(58-33-28-12-9-8-11-27(28)30(56-5)18-45-33)19-49(29)34(51)31(24(4)15-23(2)3)46-36(53)59-38(21-57-22-38)40(42,43)44/h7-12,18,23-26,29,31H,6,13-17,19-22H2,1-5H3,(H,46,53)(H,47,50)(H,48,52)/b10-7-/t24-,25-,26-,29+,31+,39-/m1/s1. The minimum atomic E-state index is -4.96. The normalized spacial score (nSPS) is 25.2. The fraction of sp³-hybridized carbons (Fsp3) is 0.625. The van der Waals surface area contributed by atoms with E-state index < -0.39 is 106 Å². The van der Waals surface area contributed by atoms with Gasteiger partial charge in [-0.1, -0.05) is 58.0 Å². The Morgan fingerprint density at radius 2 is 1.78 bits per heavy atom. The number of halogens is 4. The van der Waals surface area contributed by atoms with E-state index in [1.165, 1.54) is 13.3 Å². The Kier molecular flexibility index (Phi) is 12.7. The number of pyridine rings is 1. The predicted molar refractivity (Wildman–Crippen MR) is 208 cm³/mol. The molecular weight excluding hydrogens is 819 g/mol. The van der Waals surface area contributed by atoms with Gasteiger partial charge in [0.2, 0.25) is 27.7 Å². The zero-order valence-corrected chi connectivity index (χ0v) is 34.8. The number of nitrogens with zero attached hydrogens (tertiary/aromatic N) is 2. The zero-order valence-electron chi connectivity index (χ0n) is 34.0. The second kappa shape index (κ2) is 17.0. The van der Waals surface area contributed by atoms with Crippen LogP contribution < -0.4 is 24.8 Å². The monoisotopic (exact) mass is 869 g/mol. The Morgan fingerprint density at radius 1 is 1.10 bits per heavy atom. The molecule has 2 saturated heterocycles. The molecule has 1 aromatic carbocycles. The number of carbonyl (C=O) groups is 4. The van der Waals surface area contributed by atoms with Crippen LogP contribution in [-0.2, 0) is 33.9 Å². The van der Waals surface area contributed by atoms with Crippen molar-refractivity contribution < 1.29 is 64.1 Å². The lowest BCUT2D eigenvalue weighted by atomic mass is 9.91. The molecule has 0 radical (unpaired) electrons. The third-order valence-electron chi connectivity index (χ3n) is 11.7. The summed E-state index contributed by atoms with van der Waals surface area (Å²) in [6.45, 7) is 3.85. The number of hydrogen-bond donors (Lipinski definition) is 3. The lowest BCUT2D eigenvalue weighted by molar-refractivity contribution is -0.331. The summed E-state index contributed by atoms with van der Waals surface area (Å²) in [5.41, 5.74) is -4.69. The third-order valence-corrected chi connectivity index (χ3v) is 13.8. The van der Waals surface area contributed by atoms with Crippen LogP contribution >= 0.6 is 0 Å². The van der Waals surface area contributed by atoms with Gasteiger partial charge in [-0.15, -0.1) is 0 Å². The third kappa shape index (κ3) is 8.71. The van der Waals surface area contributed by atoms with Gasteiger partial charge in [0.1, 0.15) is 40.9 Å². The van der Waals surface area contributed by atoms with Crippen molar-refractivity contribution in [3.63, 3.8) is 0 Å². The number of sulfonamides is 1. The Hall–Kier alpha value is -4.72. The van der Waals surface area contributed by atoms with Crippen molar-refractivity contribution in [2.24, 2.45) is 17.8 Å². The molecular formula is C40H51F4N5O10S. The smallest absolute Gasteiger partial charge is 0.433 e. The van der Waals surface area contributed by atoms with Gasteiger partial charge in [0, 0.05) is 23.1 Å². The van der Waals surface area contributed by atoms with Crippen LogP contribution in [-0.4, -0.2) is 116 Å². The summed E-state index contributed by atoms with van der Waals surface area (Å²) in [4.78, 5) is 61.9. The molecule has 2 saturated carbocycles. The van der Waals surface area contributed by atoms with Gasteiger partial charge in [-0.25, -0.2) is 22.6 Å². The number of likely N-dealkylation sites (tertiary alicyclic amines) is 1. The molecule has 4 amide bonds. The molecule has 3 N–H and O–H groups in total. The van der Waals surface area contributed by atoms with Crippen LogP contribution in [0, 0.1) is 17.8 Å². The van der Waals surface area contributed by atoms with E-state index in [-0.39, 0.29) is 44.0 Å². The van der Waals surface area contributed by atoms with Crippen LogP contribution in [0.1, 0.15) is 66.2 Å². The molecule has 2 aromatic rings. The van der Waals surface area contributed by atoms with E-state index in [1.54, 1.807) is 43.3 Å². The molecule has 1 aromatic heterocycles. The first-order valence-corrected chi connectivity index (χ1v) is 21.4. The highest BCUT2D eigenvalue weighted by atomic mass is 32.2. The van der Waals surface area contributed by atoms with E-state index in [0.717, 1.165) is 4.90 Å². The SMILES string of the molecule is CC/C=C\[C@@H]1C[C@]1(NC(=O)[C@@H]1C[C@@H](Oc2ncc(OC)c3ccccc23)CN1C(=O)[C@@H](NC(=O)OC1(C(F)(F)F)COC1)[C@H](C)CC(C)C)C(=O)NS(=O)(=O)C1(CF)CC1. The van der Waals surface area contributed by atoms with Gasteiger partial charge in [0.25, 0.3) is 11.5 Å². The zero-order chi connectivity index (χ0) is 43.8. The number of hydrogen-bond acceptors (Lipinski definition) is 11. The van der Waals surface area contributed by atoms with E-state index in [1.807, 2.05) is 25.5 Å². The van der Waals surface area contributed by atoms with E-state index in [0.29, 0.717) is 29.4 Å². The molecule has 4 aliphatic rings. The largest absolute Gasteiger partial charge is 0.494 e. The molecule has 3 heterocycles. The topological polar surface area (TPSA) is 192 Å². The van der Waals surface area contributed by atoms with Gasteiger partial charge in [-0.2, -0.15) is 13.2 Å². The van der Waals surface area contributed by atoms with Crippen LogP contribution in [0.25, 0.3) is 10.8 Å². The van der Waals surface area contributed by atoms with E-state index in [9.17, 15) is 45.2 Å². The quantitative estimate of drug-likeness (QED) is 0.150. The van der Waals surface area contributed by atoms with E-state index in [2.05, 4.69) is 15.6 Å². The van der Waals surface area contributed by atoms with Gasteiger partial charge >= 0.3 is 12.3 Å². The molecule has 0 bridgehead atoms. The van der Waals surface area contributed by atoms with Crippen molar-refractivity contribution in [1.29, 1.82) is 0 Å². The first kappa shape index (κ1) is 44.8. The molecule has 4 fully saturated rings. The number of aromatic nitrogens is 1. The summed E-state index contributed by atoms with van der Waals surface area (Å²) in [5.74, 6) is -3.56. The van der Waals surface area contributed by atoms with Gasteiger partial charge < -0.3 is 34.5 Å². The maximum Gasteiger partial charge on any atom is 0.433 e. The molecule has 0 unspecified atom stereocenters. The maximum absolute atomic E-state index is 14.8. The molecule has 0 spiro atoms. The number of fused-ring (bicyclic) bond motifs is 1. The van der Waals surface area contributed by atoms with Crippen LogP contribution in [0.2, 0.25) is 0 Å².